The van der Waals surface area contributed by atoms with Crippen LogP contribution >= 0.6 is 0 Å². The van der Waals surface area contributed by atoms with Crippen molar-refractivity contribution in [2.75, 3.05) is 23.3 Å². The van der Waals surface area contributed by atoms with Crippen LogP contribution in [0.1, 0.15) is 18.5 Å². The number of hydrogen-bond acceptors (Lipinski definition) is 6. The van der Waals surface area contributed by atoms with Gasteiger partial charge in [-0.3, -0.25) is 9.78 Å². The zero-order valence-electron chi connectivity index (χ0n) is 15.1. The number of piperidine rings is 1. The largest absolute Gasteiger partial charge is 0.354 e. The van der Waals surface area contributed by atoms with Crippen molar-refractivity contribution >= 4 is 17.5 Å². The van der Waals surface area contributed by atoms with Crippen molar-refractivity contribution in [3.8, 4) is 5.82 Å². The van der Waals surface area contributed by atoms with Crippen LogP contribution in [0.4, 0.5) is 11.6 Å². The number of hydrogen-bond donors (Lipinski definition) is 1. The molecule has 4 heterocycles. The van der Waals surface area contributed by atoms with Gasteiger partial charge in [0.2, 0.25) is 5.91 Å². The number of carbonyl (C=O) groups is 1. The van der Waals surface area contributed by atoms with Crippen molar-refractivity contribution in [2.45, 2.75) is 19.8 Å². The van der Waals surface area contributed by atoms with Crippen LogP contribution in [-0.4, -0.2) is 43.7 Å². The number of amides is 1. The van der Waals surface area contributed by atoms with E-state index in [-0.39, 0.29) is 11.8 Å². The summed E-state index contributed by atoms with van der Waals surface area (Å²) in [5, 5.41) is 7.13. The third-order valence-corrected chi connectivity index (χ3v) is 4.60. The molecule has 1 atom stereocenters. The van der Waals surface area contributed by atoms with Gasteiger partial charge >= 0.3 is 0 Å². The molecule has 3 aromatic rings. The van der Waals surface area contributed by atoms with E-state index in [1.54, 1.807) is 23.3 Å². The summed E-state index contributed by atoms with van der Waals surface area (Å²) in [5.74, 6) is 1.89. The Morgan fingerprint density at radius 1 is 1.19 bits per heavy atom. The SMILES string of the molecule is Cc1cccc(NC(=O)C2CCCN(c3cncc(-n4cccn4)n3)C2)n1. The van der Waals surface area contributed by atoms with Crippen LogP contribution in [0.25, 0.3) is 5.82 Å². The lowest BCUT2D eigenvalue weighted by molar-refractivity contribution is -0.120. The molecule has 0 aliphatic carbocycles. The molecule has 0 radical (unpaired) electrons. The molecular weight excluding hydrogens is 342 g/mol. The minimum atomic E-state index is -0.115. The molecule has 1 amide bonds. The minimum Gasteiger partial charge on any atom is -0.354 e. The average molecular weight is 363 g/mol. The van der Waals surface area contributed by atoms with Crippen molar-refractivity contribution in [3.63, 3.8) is 0 Å². The summed E-state index contributed by atoms with van der Waals surface area (Å²) in [4.78, 5) is 28.1. The Bertz CT molecular complexity index is 925. The number of rotatable bonds is 4. The van der Waals surface area contributed by atoms with E-state index in [0.29, 0.717) is 18.2 Å². The molecule has 138 valence electrons. The van der Waals surface area contributed by atoms with Crippen molar-refractivity contribution in [3.05, 3.63) is 54.7 Å². The second-order valence-electron chi connectivity index (χ2n) is 6.62. The number of anilines is 2. The highest BCUT2D eigenvalue weighted by molar-refractivity contribution is 5.92. The maximum atomic E-state index is 12.7. The molecule has 0 aromatic carbocycles. The molecular formula is C19H21N7O. The number of nitrogens with one attached hydrogen (secondary N) is 1. The first-order valence-electron chi connectivity index (χ1n) is 9.00. The van der Waals surface area contributed by atoms with Crippen LogP contribution < -0.4 is 10.2 Å². The van der Waals surface area contributed by atoms with Crippen LogP contribution in [0, 0.1) is 12.8 Å². The van der Waals surface area contributed by atoms with Crippen LogP contribution in [0.2, 0.25) is 0 Å². The van der Waals surface area contributed by atoms with Gasteiger partial charge in [0.25, 0.3) is 0 Å². The van der Waals surface area contributed by atoms with Gasteiger partial charge in [0, 0.05) is 31.2 Å². The molecule has 27 heavy (non-hydrogen) atoms. The van der Waals surface area contributed by atoms with Crippen LogP contribution in [0.3, 0.4) is 0 Å². The summed E-state index contributed by atoms with van der Waals surface area (Å²) in [6, 6.07) is 7.45. The van der Waals surface area contributed by atoms with Crippen LogP contribution in [0.15, 0.2) is 49.1 Å². The molecule has 3 aromatic heterocycles. The van der Waals surface area contributed by atoms with Crippen molar-refractivity contribution in [1.82, 2.24) is 24.7 Å². The Hall–Kier alpha value is -3.29. The monoisotopic (exact) mass is 363 g/mol. The summed E-state index contributed by atoms with van der Waals surface area (Å²) < 4.78 is 1.67. The number of aryl methyl sites for hydroxylation is 1. The average Bonchev–Trinajstić information content (AvgIpc) is 3.23. The zero-order chi connectivity index (χ0) is 18.6. The van der Waals surface area contributed by atoms with Gasteiger partial charge in [-0.25, -0.2) is 14.6 Å². The Morgan fingerprint density at radius 3 is 2.89 bits per heavy atom. The molecule has 1 aliphatic rings. The Balaban J connectivity index is 1.46. The molecule has 8 heteroatoms. The standard InChI is InChI=1S/C19H21N7O/c1-14-5-2-7-16(22-14)23-19(27)15-6-3-9-25(13-15)17-11-20-12-18(24-17)26-10-4-8-21-26/h2,4-5,7-8,10-12,15H,3,6,9,13H2,1H3,(H,22,23,27). The van der Waals surface area contributed by atoms with Crippen LogP contribution in [-0.2, 0) is 4.79 Å². The lowest BCUT2D eigenvalue weighted by atomic mass is 9.97. The van der Waals surface area contributed by atoms with Crippen LogP contribution in [0.5, 0.6) is 0 Å². The number of nitrogens with zero attached hydrogens (tertiary/aromatic N) is 6. The number of aromatic nitrogens is 5. The predicted molar refractivity (Wildman–Crippen MR) is 102 cm³/mol. The number of carbonyl (C=O) groups excluding carboxylic acids is 1. The maximum absolute atomic E-state index is 12.7. The number of pyridine rings is 1. The lowest BCUT2D eigenvalue weighted by Gasteiger charge is -2.32. The lowest BCUT2D eigenvalue weighted by Crippen LogP contribution is -2.41. The fourth-order valence-corrected chi connectivity index (χ4v) is 3.25. The molecule has 1 saturated heterocycles. The fraction of sp³-hybridized carbons (Fsp3) is 0.316. The van der Waals surface area contributed by atoms with Crippen molar-refractivity contribution in [2.24, 2.45) is 5.92 Å². The van der Waals surface area contributed by atoms with Gasteiger partial charge in [-0.1, -0.05) is 6.07 Å². The third-order valence-electron chi connectivity index (χ3n) is 4.60. The second-order valence-corrected chi connectivity index (χ2v) is 6.62. The minimum absolute atomic E-state index is 0.00556. The summed E-state index contributed by atoms with van der Waals surface area (Å²) in [6.45, 7) is 3.36. The smallest absolute Gasteiger partial charge is 0.230 e. The van der Waals surface area contributed by atoms with E-state index < -0.39 is 0 Å². The second kappa shape index (κ2) is 7.53. The molecule has 8 nitrogen and oxygen atoms in total. The first-order chi connectivity index (χ1) is 13.2. The normalized spacial score (nSPS) is 16.9. The summed E-state index contributed by atoms with van der Waals surface area (Å²) in [5.41, 5.74) is 0.879. The molecule has 4 rings (SSSR count). The third kappa shape index (κ3) is 3.94. The molecule has 1 fully saturated rings. The maximum Gasteiger partial charge on any atom is 0.230 e. The molecule has 0 saturated carbocycles. The van der Waals surface area contributed by atoms with Gasteiger partial charge in [0.15, 0.2) is 5.82 Å². The topological polar surface area (TPSA) is 88.8 Å². The van der Waals surface area contributed by atoms with E-state index in [1.807, 2.05) is 37.4 Å². The highest BCUT2D eigenvalue weighted by atomic mass is 16.2. The van der Waals surface area contributed by atoms with Crippen molar-refractivity contribution in [1.29, 1.82) is 0 Å². The van der Waals surface area contributed by atoms with Gasteiger partial charge in [-0.05, 0) is 38.0 Å². The summed E-state index contributed by atoms with van der Waals surface area (Å²) in [6.07, 6.45) is 8.71. The highest BCUT2D eigenvalue weighted by Gasteiger charge is 2.27. The van der Waals surface area contributed by atoms with E-state index in [9.17, 15) is 4.79 Å². The van der Waals surface area contributed by atoms with Gasteiger partial charge in [-0.15, -0.1) is 0 Å². The van der Waals surface area contributed by atoms with Crippen molar-refractivity contribution < 1.29 is 4.79 Å². The Morgan fingerprint density at radius 2 is 2.07 bits per heavy atom. The predicted octanol–water partition coefficient (Wildman–Crippen LogP) is 2.22. The van der Waals surface area contributed by atoms with Gasteiger partial charge in [0.1, 0.15) is 11.6 Å². The van der Waals surface area contributed by atoms with E-state index in [1.165, 1.54) is 0 Å². The van der Waals surface area contributed by atoms with E-state index in [0.717, 1.165) is 30.9 Å². The summed E-state index contributed by atoms with van der Waals surface area (Å²) in [7, 11) is 0. The van der Waals surface area contributed by atoms with E-state index in [4.69, 9.17) is 0 Å². The van der Waals surface area contributed by atoms with E-state index >= 15 is 0 Å². The van der Waals surface area contributed by atoms with Gasteiger partial charge < -0.3 is 10.2 Å². The molecule has 0 bridgehead atoms. The van der Waals surface area contributed by atoms with Gasteiger partial charge in [-0.2, -0.15) is 5.10 Å². The Kier molecular flexibility index (Phi) is 4.78. The molecule has 1 N–H and O–H groups in total. The zero-order valence-corrected chi connectivity index (χ0v) is 15.1. The quantitative estimate of drug-likeness (QED) is 0.765. The molecule has 1 unspecified atom stereocenters. The fourth-order valence-electron chi connectivity index (χ4n) is 3.25. The van der Waals surface area contributed by atoms with Gasteiger partial charge in [0.05, 0.1) is 18.3 Å². The first-order valence-corrected chi connectivity index (χ1v) is 9.00. The van der Waals surface area contributed by atoms with E-state index in [2.05, 4.69) is 30.3 Å². The molecule has 1 aliphatic heterocycles. The summed E-state index contributed by atoms with van der Waals surface area (Å²) >= 11 is 0. The molecule has 0 spiro atoms. The Labute approximate surface area is 157 Å². The first kappa shape index (κ1) is 17.1. The highest BCUT2D eigenvalue weighted by Crippen LogP contribution is 2.23.